The third-order valence-electron chi connectivity index (χ3n) is 3.82. The monoisotopic (exact) mass is 336 g/mol. The van der Waals surface area contributed by atoms with Crippen molar-refractivity contribution in [1.82, 2.24) is 0 Å². The SMILES string of the molecule is C=C(C)COc1ccc2c(c1)OC(=Cc1ccc3c(c1)OCO3)C2=O. The molecule has 2 aromatic carbocycles. The first kappa shape index (κ1) is 15.3. The van der Waals surface area contributed by atoms with Gasteiger partial charge in [-0.25, -0.2) is 0 Å². The zero-order valence-corrected chi connectivity index (χ0v) is 13.7. The maximum absolute atomic E-state index is 12.5. The van der Waals surface area contributed by atoms with Crippen LogP contribution in [0.2, 0.25) is 0 Å². The number of hydrogen-bond donors (Lipinski definition) is 0. The lowest BCUT2D eigenvalue weighted by atomic mass is 10.1. The summed E-state index contributed by atoms with van der Waals surface area (Å²) in [7, 11) is 0. The number of carbonyl (C=O) groups excluding carboxylic acids is 1. The quantitative estimate of drug-likeness (QED) is 0.624. The summed E-state index contributed by atoms with van der Waals surface area (Å²) in [5.41, 5.74) is 2.25. The Balaban J connectivity index is 1.58. The van der Waals surface area contributed by atoms with E-state index in [9.17, 15) is 4.79 Å². The van der Waals surface area contributed by atoms with Gasteiger partial charge in [-0.1, -0.05) is 12.6 Å². The predicted octanol–water partition coefficient (Wildman–Crippen LogP) is 3.99. The van der Waals surface area contributed by atoms with Crippen molar-refractivity contribution in [3.8, 4) is 23.0 Å². The van der Waals surface area contributed by atoms with Gasteiger partial charge in [0.1, 0.15) is 18.1 Å². The maximum Gasteiger partial charge on any atom is 0.231 e. The van der Waals surface area contributed by atoms with Crippen LogP contribution < -0.4 is 18.9 Å². The highest BCUT2D eigenvalue weighted by atomic mass is 16.7. The molecule has 4 rings (SSSR count). The number of carbonyl (C=O) groups is 1. The third kappa shape index (κ3) is 2.96. The standard InChI is InChI=1S/C20H16O5/c1-12(2)10-22-14-4-5-15-17(9-14)25-19(20(15)21)8-13-3-6-16-18(7-13)24-11-23-16/h3-9H,1,10-11H2,2H3. The van der Waals surface area contributed by atoms with E-state index in [-0.39, 0.29) is 18.3 Å². The second kappa shape index (κ2) is 6.02. The molecular formula is C20H16O5. The number of allylic oxidation sites excluding steroid dienone is 1. The molecule has 2 aliphatic heterocycles. The van der Waals surface area contributed by atoms with Gasteiger partial charge >= 0.3 is 0 Å². The predicted molar refractivity (Wildman–Crippen MR) is 92.3 cm³/mol. The highest BCUT2D eigenvalue weighted by Gasteiger charge is 2.28. The van der Waals surface area contributed by atoms with E-state index < -0.39 is 0 Å². The van der Waals surface area contributed by atoms with Gasteiger partial charge in [-0.2, -0.15) is 0 Å². The van der Waals surface area contributed by atoms with Crippen molar-refractivity contribution in [1.29, 1.82) is 0 Å². The molecule has 2 aliphatic rings. The molecule has 126 valence electrons. The van der Waals surface area contributed by atoms with E-state index in [0.717, 1.165) is 11.1 Å². The zero-order valence-electron chi connectivity index (χ0n) is 13.7. The number of Topliss-reactive ketones (excluding diaryl/α,β-unsaturated/α-hetero) is 1. The number of rotatable bonds is 4. The Morgan fingerprint density at radius 3 is 2.84 bits per heavy atom. The Morgan fingerprint density at radius 1 is 1.16 bits per heavy atom. The van der Waals surface area contributed by atoms with Crippen LogP contribution in [0.1, 0.15) is 22.8 Å². The van der Waals surface area contributed by atoms with E-state index in [1.807, 2.05) is 25.1 Å². The van der Waals surface area contributed by atoms with Crippen molar-refractivity contribution in [2.75, 3.05) is 13.4 Å². The highest BCUT2D eigenvalue weighted by Crippen LogP contribution is 2.37. The molecule has 0 spiro atoms. The Hall–Kier alpha value is -3.21. The molecule has 0 aromatic heterocycles. The number of fused-ring (bicyclic) bond motifs is 2. The summed E-state index contributed by atoms with van der Waals surface area (Å²) in [6.07, 6.45) is 1.69. The molecule has 25 heavy (non-hydrogen) atoms. The average molecular weight is 336 g/mol. The van der Waals surface area contributed by atoms with Crippen LogP contribution in [0.25, 0.3) is 6.08 Å². The molecule has 0 saturated carbocycles. The Morgan fingerprint density at radius 2 is 2.00 bits per heavy atom. The average Bonchev–Trinajstić information content (AvgIpc) is 3.17. The van der Waals surface area contributed by atoms with E-state index in [2.05, 4.69) is 6.58 Å². The van der Waals surface area contributed by atoms with E-state index in [4.69, 9.17) is 18.9 Å². The molecule has 5 nitrogen and oxygen atoms in total. The van der Waals surface area contributed by atoms with Gasteiger partial charge in [-0.05, 0) is 48.4 Å². The first-order chi connectivity index (χ1) is 12.1. The molecule has 5 heteroatoms. The fraction of sp³-hybridized carbons (Fsp3) is 0.150. The molecule has 0 bridgehead atoms. The molecule has 0 N–H and O–H groups in total. The van der Waals surface area contributed by atoms with Crippen molar-refractivity contribution >= 4 is 11.9 Å². The lowest BCUT2D eigenvalue weighted by Crippen LogP contribution is -1.98. The molecule has 0 amide bonds. The lowest BCUT2D eigenvalue weighted by Gasteiger charge is -2.06. The van der Waals surface area contributed by atoms with Crippen LogP contribution in [0.3, 0.4) is 0 Å². The van der Waals surface area contributed by atoms with Gasteiger partial charge < -0.3 is 18.9 Å². The van der Waals surface area contributed by atoms with Crippen molar-refractivity contribution in [3.05, 3.63) is 65.4 Å². The summed E-state index contributed by atoms with van der Waals surface area (Å²) in [6, 6.07) is 10.7. The molecule has 0 fully saturated rings. The second-order valence-corrected chi connectivity index (χ2v) is 5.96. The largest absolute Gasteiger partial charge is 0.489 e. The van der Waals surface area contributed by atoms with Crippen LogP contribution in [0.5, 0.6) is 23.0 Å². The molecule has 0 radical (unpaired) electrons. The summed E-state index contributed by atoms with van der Waals surface area (Å²) in [6.45, 7) is 6.32. The first-order valence-electron chi connectivity index (χ1n) is 7.85. The topological polar surface area (TPSA) is 54.0 Å². The molecular weight excluding hydrogens is 320 g/mol. The van der Waals surface area contributed by atoms with Crippen LogP contribution in [0.4, 0.5) is 0 Å². The molecule has 0 atom stereocenters. The maximum atomic E-state index is 12.5. The molecule has 2 aromatic rings. The van der Waals surface area contributed by atoms with Crippen LogP contribution in [-0.4, -0.2) is 19.2 Å². The van der Waals surface area contributed by atoms with Crippen molar-refractivity contribution in [2.45, 2.75) is 6.92 Å². The Bertz CT molecular complexity index is 910. The van der Waals surface area contributed by atoms with Gasteiger partial charge in [0.15, 0.2) is 17.3 Å². The number of ether oxygens (including phenoxy) is 4. The third-order valence-corrected chi connectivity index (χ3v) is 3.82. The smallest absolute Gasteiger partial charge is 0.231 e. The zero-order chi connectivity index (χ0) is 17.4. The summed E-state index contributed by atoms with van der Waals surface area (Å²) in [5.74, 6) is 2.61. The molecule has 0 aliphatic carbocycles. The van der Waals surface area contributed by atoms with Crippen LogP contribution in [0, 0.1) is 0 Å². The summed E-state index contributed by atoms with van der Waals surface area (Å²) >= 11 is 0. The minimum atomic E-state index is -0.154. The van der Waals surface area contributed by atoms with Gasteiger partial charge in [0, 0.05) is 6.07 Å². The number of ketones is 1. The molecule has 0 unspecified atom stereocenters. The van der Waals surface area contributed by atoms with E-state index >= 15 is 0 Å². The normalized spacial score (nSPS) is 15.9. The Kier molecular flexibility index (Phi) is 3.69. The fourth-order valence-electron chi connectivity index (χ4n) is 2.62. The van der Waals surface area contributed by atoms with Gasteiger partial charge in [0.2, 0.25) is 12.6 Å². The van der Waals surface area contributed by atoms with Gasteiger partial charge in [0.25, 0.3) is 0 Å². The molecule has 2 heterocycles. The minimum Gasteiger partial charge on any atom is -0.489 e. The summed E-state index contributed by atoms with van der Waals surface area (Å²) in [5, 5.41) is 0. The van der Waals surface area contributed by atoms with Crippen LogP contribution in [-0.2, 0) is 0 Å². The summed E-state index contributed by atoms with van der Waals surface area (Å²) in [4.78, 5) is 12.5. The molecule has 0 saturated heterocycles. The highest BCUT2D eigenvalue weighted by molar-refractivity contribution is 6.14. The van der Waals surface area contributed by atoms with Gasteiger partial charge in [0.05, 0.1) is 5.56 Å². The first-order valence-corrected chi connectivity index (χ1v) is 7.85. The van der Waals surface area contributed by atoms with E-state index in [1.54, 1.807) is 24.3 Å². The van der Waals surface area contributed by atoms with Crippen LogP contribution in [0.15, 0.2) is 54.3 Å². The summed E-state index contributed by atoms with van der Waals surface area (Å²) < 4.78 is 22.0. The number of hydrogen-bond acceptors (Lipinski definition) is 5. The van der Waals surface area contributed by atoms with E-state index in [1.165, 1.54) is 0 Å². The Labute approximate surface area is 145 Å². The van der Waals surface area contributed by atoms with E-state index in [0.29, 0.717) is 35.2 Å². The minimum absolute atomic E-state index is 0.154. The van der Waals surface area contributed by atoms with Crippen molar-refractivity contribution in [2.24, 2.45) is 0 Å². The van der Waals surface area contributed by atoms with Gasteiger partial charge in [-0.3, -0.25) is 4.79 Å². The lowest BCUT2D eigenvalue weighted by molar-refractivity contribution is 0.101. The van der Waals surface area contributed by atoms with Crippen molar-refractivity contribution in [3.63, 3.8) is 0 Å². The van der Waals surface area contributed by atoms with Gasteiger partial charge in [-0.15, -0.1) is 0 Å². The van der Waals surface area contributed by atoms with Crippen LogP contribution >= 0.6 is 0 Å². The number of benzene rings is 2. The fourth-order valence-corrected chi connectivity index (χ4v) is 2.62. The second-order valence-electron chi connectivity index (χ2n) is 5.96. The van der Waals surface area contributed by atoms with Crippen molar-refractivity contribution < 1.29 is 23.7 Å².